The van der Waals surface area contributed by atoms with Gasteiger partial charge in [-0.2, -0.15) is 5.26 Å². The lowest BCUT2D eigenvalue weighted by atomic mass is 10.2. The molecule has 0 aliphatic carbocycles. The van der Waals surface area contributed by atoms with Gasteiger partial charge in [-0.05, 0) is 24.3 Å². The number of nitriles is 1. The van der Waals surface area contributed by atoms with Gasteiger partial charge in [-0.3, -0.25) is 0 Å². The van der Waals surface area contributed by atoms with E-state index in [1.165, 1.54) is 23.6 Å². The Morgan fingerprint density at radius 1 is 1.38 bits per heavy atom. The van der Waals surface area contributed by atoms with Gasteiger partial charge in [-0.1, -0.05) is 0 Å². The largest absolute Gasteiger partial charge is 0.477 e. The fourth-order valence-corrected chi connectivity index (χ4v) is 2.01. The number of thiophene rings is 1. The molecule has 0 saturated heterocycles. The molecule has 2 heterocycles. The van der Waals surface area contributed by atoms with Crippen molar-refractivity contribution in [1.29, 1.82) is 5.26 Å². The topological polar surface area (TPSA) is 74.0 Å². The molecule has 5 heteroatoms. The molecule has 0 aliphatic heterocycles. The zero-order valence-electron chi connectivity index (χ0n) is 8.04. The Kier molecular flexibility index (Phi) is 2.66. The predicted molar refractivity (Wildman–Crippen MR) is 59.2 cm³/mol. The predicted octanol–water partition coefficient (Wildman–Crippen LogP) is 2.38. The summed E-state index contributed by atoms with van der Waals surface area (Å²) in [7, 11) is 0. The second kappa shape index (κ2) is 4.13. The molecular formula is C11H6N2O2S. The SMILES string of the molecule is N#Cc1ccc(-c2ccc(C(=O)O)nc2)s1. The molecule has 0 unspecified atom stereocenters. The van der Waals surface area contributed by atoms with Crippen LogP contribution < -0.4 is 0 Å². The van der Waals surface area contributed by atoms with E-state index in [-0.39, 0.29) is 5.69 Å². The molecule has 0 radical (unpaired) electrons. The first-order valence-electron chi connectivity index (χ1n) is 4.40. The summed E-state index contributed by atoms with van der Waals surface area (Å²) in [5.41, 5.74) is 0.831. The van der Waals surface area contributed by atoms with E-state index >= 15 is 0 Å². The quantitative estimate of drug-likeness (QED) is 0.859. The van der Waals surface area contributed by atoms with Crippen LogP contribution in [0.3, 0.4) is 0 Å². The van der Waals surface area contributed by atoms with Crippen LogP contribution in [-0.4, -0.2) is 16.1 Å². The summed E-state index contributed by atoms with van der Waals surface area (Å²) in [4.78, 5) is 15.9. The molecule has 0 aliphatic rings. The summed E-state index contributed by atoms with van der Waals surface area (Å²) in [6.45, 7) is 0. The number of hydrogen-bond acceptors (Lipinski definition) is 4. The molecule has 2 aromatic heterocycles. The van der Waals surface area contributed by atoms with E-state index in [1.807, 2.05) is 6.07 Å². The first kappa shape index (κ1) is 10.3. The van der Waals surface area contributed by atoms with Crippen LogP contribution in [0.2, 0.25) is 0 Å². The van der Waals surface area contributed by atoms with E-state index in [9.17, 15) is 4.79 Å². The van der Waals surface area contributed by atoms with Gasteiger partial charge in [-0.25, -0.2) is 9.78 Å². The Hall–Kier alpha value is -2.19. The molecule has 0 aromatic carbocycles. The molecule has 0 bridgehead atoms. The van der Waals surface area contributed by atoms with E-state index < -0.39 is 5.97 Å². The average molecular weight is 230 g/mol. The Morgan fingerprint density at radius 2 is 2.19 bits per heavy atom. The molecule has 0 spiro atoms. The van der Waals surface area contributed by atoms with Crippen LogP contribution in [0.5, 0.6) is 0 Å². The number of carboxylic acids is 1. The maximum Gasteiger partial charge on any atom is 0.354 e. The van der Waals surface area contributed by atoms with E-state index in [2.05, 4.69) is 11.1 Å². The van der Waals surface area contributed by atoms with Gasteiger partial charge in [0.05, 0.1) is 0 Å². The summed E-state index contributed by atoms with van der Waals surface area (Å²) >= 11 is 1.35. The molecule has 0 atom stereocenters. The van der Waals surface area contributed by atoms with Gasteiger partial charge >= 0.3 is 5.97 Å². The van der Waals surface area contributed by atoms with Crippen LogP contribution in [0.25, 0.3) is 10.4 Å². The highest BCUT2D eigenvalue weighted by molar-refractivity contribution is 7.16. The first-order chi connectivity index (χ1) is 7.70. The lowest BCUT2D eigenvalue weighted by Crippen LogP contribution is -1.98. The molecule has 0 amide bonds. The van der Waals surface area contributed by atoms with Crippen LogP contribution in [0.15, 0.2) is 30.5 Å². The monoisotopic (exact) mass is 230 g/mol. The van der Waals surface area contributed by atoms with Gasteiger partial charge in [0.1, 0.15) is 16.6 Å². The minimum atomic E-state index is -1.05. The third-order valence-electron chi connectivity index (χ3n) is 1.98. The molecule has 16 heavy (non-hydrogen) atoms. The van der Waals surface area contributed by atoms with E-state index in [4.69, 9.17) is 10.4 Å². The number of pyridine rings is 1. The maximum absolute atomic E-state index is 10.6. The average Bonchev–Trinajstić information content (AvgIpc) is 2.77. The van der Waals surface area contributed by atoms with Crippen molar-refractivity contribution in [3.05, 3.63) is 41.0 Å². The van der Waals surface area contributed by atoms with E-state index in [0.717, 1.165) is 10.4 Å². The normalized spacial score (nSPS) is 9.69. The van der Waals surface area contributed by atoms with Crippen molar-refractivity contribution in [2.75, 3.05) is 0 Å². The van der Waals surface area contributed by atoms with Crippen molar-refractivity contribution >= 4 is 17.3 Å². The highest BCUT2D eigenvalue weighted by atomic mass is 32.1. The summed E-state index contributed by atoms with van der Waals surface area (Å²) in [5.74, 6) is -1.05. The van der Waals surface area contributed by atoms with Crippen molar-refractivity contribution in [1.82, 2.24) is 4.98 Å². The van der Waals surface area contributed by atoms with Crippen LogP contribution in [0.1, 0.15) is 15.4 Å². The highest BCUT2D eigenvalue weighted by Crippen LogP contribution is 2.26. The zero-order valence-corrected chi connectivity index (χ0v) is 8.86. The van der Waals surface area contributed by atoms with Crippen LogP contribution in [0, 0.1) is 11.3 Å². The molecule has 2 rings (SSSR count). The van der Waals surface area contributed by atoms with Crippen molar-refractivity contribution in [3.63, 3.8) is 0 Å². The number of carboxylic acid groups (broad SMARTS) is 1. The molecule has 2 aromatic rings. The van der Waals surface area contributed by atoms with Crippen molar-refractivity contribution < 1.29 is 9.90 Å². The maximum atomic E-state index is 10.6. The summed E-state index contributed by atoms with van der Waals surface area (Å²) < 4.78 is 0. The van der Waals surface area contributed by atoms with E-state index in [0.29, 0.717) is 4.88 Å². The number of rotatable bonds is 2. The number of carbonyl (C=O) groups is 1. The molecule has 78 valence electrons. The fraction of sp³-hybridized carbons (Fsp3) is 0. The van der Waals surface area contributed by atoms with Crippen molar-refractivity contribution in [2.24, 2.45) is 0 Å². The van der Waals surface area contributed by atoms with Crippen molar-refractivity contribution in [2.45, 2.75) is 0 Å². The standard InChI is InChI=1S/C11H6N2O2S/c12-5-8-2-4-10(16-8)7-1-3-9(11(14)15)13-6-7/h1-4,6H,(H,14,15). The number of nitrogens with zero attached hydrogens (tertiary/aromatic N) is 2. The Morgan fingerprint density at radius 3 is 2.69 bits per heavy atom. The molecule has 1 N–H and O–H groups in total. The summed E-state index contributed by atoms with van der Waals surface area (Å²) in [6, 6.07) is 8.73. The van der Waals surface area contributed by atoms with Gasteiger partial charge in [0.25, 0.3) is 0 Å². The lowest BCUT2D eigenvalue weighted by molar-refractivity contribution is 0.0690. The second-order valence-corrected chi connectivity index (χ2v) is 4.10. The molecule has 4 nitrogen and oxygen atoms in total. The Labute approximate surface area is 95.4 Å². The third kappa shape index (κ3) is 1.92. The van der Waals surface area contributed by atoms with Gasteiger partial charge in [0.2, 0.25) is 0 Å². The minimum Gasteiger partial charge on any atom is -0.477 e. The van der Waals surface area contributed by atoms with Gasteiger partial charge in [0, 0.05) is 16.6 Å². The Balaban J connectivity index is 2.35. The van der Waals surface area contributed by atoms with Gasteiger partial charge in [-0.15, -0.1) is 11.3 Å². The highest BCUT2D eigenvalue weighted by Gasteiger charge is 2.06. The zero-order chi connectivity index (χ0) is 11.5. The number of aromatic carboxylic acids is 1. The van der Waals surface area contributed by atoms with Crippen molar-refractivity contribution in [3.8, 4) is 16.5 Å². The minimum absolute atomic E-state index is 0.0146. The second-order valence-electron chi connectivity index (χ2n) is 3.01. The number of hydrogen-bond donors (Lipinski definition) is 1. The molecule has 0 fully saturated rings. The Bertz CT molecular complexity index is 566. The van der Waals surface area contributed by atoms with Gasteiger partial charge < -0.3 is 5.11 Å². The summed E-state index contributed by atoms with van der Waals surface area (Å²) in [6.07, 6.45) is 1.50. The van der Waals surface area contributed by atoms with Crippen LogP contribution in [0.4, 0.5) is 0 Å². The van der Waals surface area contributed by atoms with Gasteiger partial charge in [0.15, 0.2) is 0 Å². The molecular weight excluding hydrogens is 224 g/mol. The first-order valence-corrected chi connectivity index (χ1v) is 5.22. The number of aromatic nitrogens is 1. The fourth-order valence-electron chi connectivity index (χ4n) is 1.22. The lowest BCUT2D eigenvalue weighted by Gasteiger charge is -1.97. The summed E-state index contributed by atoms with van der Waals surface area (Å²) in [5, 5.41) is 17.4. The van der Waals surface area contributed by atoms with E-state index in [1.54, 1.807) is 12.1 Å². The van der Waals surface area contributed by atoms with Crippen LogP contribution >= 0.6 is 11.3 Å². The van der Waals surface area contributed by atoms with Crippen LogP contribution in [-0.2, 0) is 0 Å². The smallest absolute Gasteiger partial charge is 0.354 e. The molecule has 0 saturated carbocycles. The third-order valence-corrected chi connectivity index (χ3v) is 3.02.